The molecule has 0 heterocycles. The van der Waals surface area contributed by atoms with Gasteiger partial charge in [0.1, 0.15) is 5.75 Å². The molecule has 0 aliphatic heterocycles. The van der Waals surface area contributed by atoms with Gasteiger partial charge in [0.15, 0.2) is 0 Å². The lowest BCUT2D eigenvalue weighted by atomic mass is 10.2. The molecular weight excluding hydrogens is 260 g/mol. The van der Waals surface area contributed by atoms with Crippen LogP contribution in [0.3, 0.4) is 0 Å². The van der Waals surface area contributed by atoms with Crippen molar-refractivity contribution in [1.29, 1.82) is 0 Å². The molecule has 0 fully saturated rings. The normalized spacial score (nSPS) is 12.4. The van der Waals surface area contributed by atoms with Crippen molar-refractivity contribution in [1.82, 2.24) is 0 Å². The van der Waals surface area contributed by atoms with E-state index in [1.54, 1.807) is 31.3 Å². The Labute approximate surface area is 117 Å². The lowest BCUT2D eigenvalue weighted by Gasteiger charge is -2.17. The first-order chi connectivity index (χ1) is 8.90. The molecule has 0 aromatic heterocycles. The third-order valence-corrected chi connectivity index (χ3v) is 4.12. The molecule has 0 saturated carbocycles. The zero-order valence-electron chi connectivity index (χ0n) is 11.8. The van der Waals surface area contributed by atoms with Gasteiger partial charge in [0.2, 0.25) is 5.91 Å². The highest BCUT2D eigenvalue weighted by Gasteiger charge is 2.14. The van der Waals surface area contributed by atoms with E-state index in [9.17, 15) is 9.00 Å². The van der Waals surface area contributed by atoms with Crippen LogP contribution in [0.1, 0.15) is 20.3 Å². The molecule has 0 aliphatic carbocycles. The summed E-state index contributed by atoms with van der Waals surface area (Å²) in [6.07, 6.45) is 0.880. The smallest absolute Gasteiger partial charge is 0.239 e. The van der Waals surface area contributed by atoms with Crippen LogP contribution in [-0.4, -0.2) is 28.7 Å². The van der Waals surface area contributed by atoms with Crippen molar-refractivity contribution in [3.05, 3.63) is 24.3 Å². The van der Waals surface area contributed by atoms with Gasteiger partial charge in [-0.3, -0.25) is 9.00 Å². The molecule has 1 unspecified atom stereocenters. The number of rotatable bonds is 6. The summed E-state index contributed by atoms with van der Waals surface area (Å²) in [5.41, 5.74) is 7.02. The van der Waals surface area contributed by atoms with Gasteiger partial charge in [-0.05, 0) is 36.6 Å². The molecule has 0 spiro atoms. The summed E-state index contributed by atoms with van der Waals surface area (Å²) in [5, 5.41) is 0. The standard InChI is InChI=1S/C14H22N2O2S/c1-11(2)8-9-19(18)10-14(17)16(3)13-6-4-12(15)5-7-13/h4-7,11H,8-10,15H2,1-3H3. The molecule has 1 atom stereocenters. The van der Waals surface area contributed by atoms with Gasteiger partial charge in [-0.1, -0.05) is 13.8 Å². The minimum absolute atomic E-state index is 0.0770. The van der Waals surface area contributed by atoms with E-state index in [2.05, 4.69) is 13.8 Å². The quantitative estimate of drug-likeness (QED) is 0.812. The zero-order chi connectivity index (χ0) is 14.4. The maximum atomic E-state index is 12.0. The van der Waals surface area contributed by atoms with Crippen LogP contribution in [0.25, 0.3) is 0 Å². The van der Waals surface area contributed by atoms with Gasteiger partial charge in [-0.2, -0.15) is 0 Å². The van der Waals surface area contributed by atoms with Crippen LogP contribution in [0.4, 0.5) is 11.4 Å². The monoisotopic (exact) mass is 282 g/mol. The fraction of sp³-hybridized carbons (Fsp3) is 0.500. The molecule has 2 N–H and O–H groups in total. The Hall–Kier alpha value is -1.36. The van der Waals surface area contributed by atoms with Crippen molar-refractivity contribution >= 4 is 28.1 Å². The molecule has 0 saturated heterocycles. The van der Waals surface area contributed by atoms with Gasteiger partial charge >= 0.3 is 0 Å². The summed E-state index contributed by atoms with van der Waals surface area (Å²) in [5.74, 6) is 1.03. The summed E-state index contributed by atoms with van der Waals surface area (Å²) in [6, 6.07) is 7.05. The zero-order valence-corrected chi connectivity index (χ0v) is 12.6. The molecule has 4 nitrogen and oxygen atoms in total. The lowest BCUT2D eigenvalue weighted by molar-refractivity contribution is -0.115. The number of nitrogens with two attached hydrogens (primary N) is 1. The van der Waals surface area contributed by atoms with E-state index >= 15 is 0 Å². The van der Waals surface area contributed by atoms with E-state index < -0.39 is 10.8 Å². The van der Waals surface area contributed by atoms with Crippen molar-refractivity contribution in [2.75, 3.05) is 29.2 Å². The second-order valence-electron chi connectivity index (χ2n) is 5.02. The maximum Gasteiger partial charge on any atom is 0.239 e. The van der Waals surface area contributed by atoms with Crippen molar-refractivity contribution in [3.63, 3.8) is 0 Å². The van der Waals surface area contributed by atoms with E-state index in [0.717, 1.165) is 12.1 Å². The fourth-order valence-electron chi connectivity index (χ4n) is 1.52. The van der Waals surface area contributed by atoms with E-state index in [1.807, 2.05) is 0 Å². The van der Waals surface area contributed by atoms with Crippen LogP contribution in [0, 0.1) is 5.92 Å². The van der Waals surface area contributed by atoms with Gasteiger partial charge < -0.3 is 10.6 Å². The Morgan fingerprint density at radius 3 is 2.42 bits per heavy atom. The van der Waals surface area contributed by atoms with Crippen LogP contribution in [-0.2, 0) is 15.6 Å². The molecule has 106 valence electrons. The number of hydrogen-bond acceptors (Lipinski definition) is 3. The number of benzene rings is 1. The largest absolute Gasteiger partial charge is 0.399 e. The summed E-state index contributed by atoms with van der Waals surface area (Å²) in [6.45, 7) is 4.17. The Morgan fingerprint density at radius 2 is 1.89 bits per heavy atom. The molecule has 19 heavy (non-hydrogen) atoms. The van der Waals surface area contributed by atoms with Gasteiger partial charge in [0.25, 0.3) is 0 Å². The fourth-order valence-corrected chi connectivity index (χ4v) is 2.86. The van der Waals surface area contributed by atoms with Gasteiger partial charge in [0, 0.05) is 35.0 Å². The summed E-state index contributed by atoms with van der Waals surface area (Å²) in [7, 11) is 0.603. The van der Waals surface area contributed by atoms with Gasteiger partial charge in [-0.25, -0.2) is 0 Å². The Balaban J connectivity index is 2.53. The number of hydrogen-bond donors (Lipinski definition) is 1. The molecule has 1 rings (SSSR count). The van der Waals surface area contributed by atoms with E-state index in [4.69, 9.17) is 5.73 Å². The Bertz CT molecular complexity index is 443. The average Bonchev–Trinajstić information content (AvgIpc) is 2.36. The van der Waals surface area contributed by atoms with E-state index in [0.29, 0.717) is 17.4 Å². The van der Waals surface area contributed by atoms with Crippen LogP contribution < -0.4 is 10.6 Å². The second kappa shape index (κ2) is 7.28. The van der Waals surface area contributed by atoms with Crippen LogP contribution in [0.5, 0.6) is 0 Å². The van der Waals surface area contributed by atoms with Gasteiger partial charge in [0.05, 0.1) is 0 Å². The predicted molar refractivity (Wildman–Crippen MR) is 81.6 cm³/mol. The Kier molecular flexibility index (Phi) is 6.02. The second-order valence-corrected chi connectivity index (χ2v) is 6.59. The van der Waals surface area contributed by atoms with Crippen LogP contribution in [0.2, 0.25) is 0 Å². The average molecular weight is 282 g/mol. The molecule has 1 aromatic rings. The topological polar surface area (TPSA) is 63.4 Å². The van der Waals surface area contributed by atoms with Crippen molar-refractivity contribution in [2.24, 2.45) is 5.92 Å². The summed E-state index contributed by atoms with van der Waals surface area (Å²) in [4.78, 5) is 13.5. The maximum absolute atomic E-state index is 12.0. The predicted octanol–water partition coefficient (Wildman–Crippen LogP) is 2.03. The van der Waals surface area contributed by atoms with E-state index in [-0.39, 0.29) is 11.7 Å². The highest BCUT2D eigenvalue weighted by atomic mass is 32.2. The van der Waals surface area contributed by atoms with Crippen molar-refractivity contribution in [3.8, 4) is 0 Å². The lowest BCUT2D eigenvalue weighted by Crippen LogP contribution is -2.31. The molecule has 5 heteroatoms. The Morgan fingerprint density at radius 1 is 1.32 bits per heavy atom. The first-order valence-corrected chi connectivity index (χ1v) is 7.86. The first-order valence-electron chi connectivity index (χ1n) is 6.37. The highest BCUT2D eigenvalue weighted by molar-refractivity contribution is 7.85. The minimum atomic E-state index is -1.09. The SMILES string of the molecule is CC(C)CCS(=O)CC(=O)N(C)c1ccc(N)cc1. The van der Waals surface area contributed by atoms with Gasteiger partial charge in [-0.15, -0.1) is 0 Å². The number of anilines is 2. The molecule has 0 aliphatic rings. The van der Waals surface area contributed by atoms with Crippen molar-refractivity contribution in [2.45, 2.75) is 20.3 Å². The number of carbonyl (C=O) groups is 1. The van der Waals surface area contributed by atoms with Crippen molar-refractivity contribution < 1.29 is 9.00 Å². The molecule has 1 amide bonds. The first kappa shape index (κ1) is 15.7. The molecule has 0 radical (unpaired) electrons. The molecular formula is C14H22N2O2S. The number of carbonyl (C=O) groups excluding carboxylic acids is 1. The summed E-state index contributed by atoms with van der Waals surface area (Å²) >= 11 is 0. The number of nitrogen functional groups attached to an aromatic ring is 1. The minimum Gasteiger partial charge on any atom is -0.399 e. The van der Waals surface area contributed by atoms with Crippen LogP contribution in [0.15, 0.2) is 24.3 Å². The van der Waals surface area contributed by atoms with Crippen LogP contribution >= 0.6 is 0 Å². The molecule has 0 bridgehead atoms. The third-order valence-electron chi connectivity index (χ3n) is 2.86. The number of nitrogens with zero attached hydrogens (tertiary/aromatic N) is 1. The third kappa shape index (κ3) is 5.42. The van der Waals surface area contributed by atoms with E-state index in [1.165, 1.54) is 4.90 Å². The summed E-state index contributed by atoms with van der Waals surface area (Å²) < 4.78 is 11.8. The number of amides is 1. The highest BCUT2D eigenvalue weighted by Crippen LogP contribution is 2.15. The molecule has 1 aromatic carbocycles.